The largest absolute Gasteiger partial charge is 0.394 e. The number of carbonyl (C=O) groups excluding carboxylic acids is 1. The predicted molar refractivity (Wildman–Crippen MR) is 84.3 cm³/mol. The number of imidazole rings is 1. The van der Waals surface area contributed by atoms with Gasteiger partial charge in [-0.15, -0.1) is 0 Å². The quantitative estimate of drug-likeness (QED) is 0.848. The fraction of sp³-hybridized carbons (Fsp3) is 0.375. The van der Waals surface area contributed by atoms with Crippen molar-refractivity contribution in [3.8, 4) is 0 Å². The molecule has 0 aliphatic carbocycles. The average molecular weight is 302 g/mol. The van der Waals surface area contributed by atoms with Gasteiger partial charge in [-0.3, -0.25) is 0 Å². The van der Waals surface area contributed by atoms with Crippen molar-refractivity contribution >= 4 is 6.03 Å². The Kier molecular flexibility index (Phi) is 5.55. The lowest BCUT2D eigenvalue weighted by Crippen LogP contribution is -2.43. The van der Waals surface area contributed by atoms with Gasteiger partial charge in [-0.1, -0.05) is 30.3 Å². The van der Waals surface area contributed by atoms with Crippen LogP contribution in [0.25, 0.3) is 0 Å². The number of benzene rings is 1. The number of nitrogens with zero attached hydrogens (tertiary/aromatic N) is 3. The van der Waals surface area contributed by atoms with E-state index in [0.717, 1.165) is 12.4 Å². The Labute approximate surface area is 130 Å². The Bertz CT molecular complexity index is 597. The second-order valence-corrected chi connectivity index (χ2v) is 5.26. The number of rotatable bonds is 6. The first kappa shape index (κ1) is 16.0. The molecule has 2 rings (SSSR count). The van der Waals surface area contributed by atoms with Crippen molar-refractivity contribution in [2.75, 3.05) is 13.7 Å². The van der Waals surface area contributed by atoms with Gasteiger partial charge < -0.3 is 19.9 Å². The number of nitrogens with one attached hydrogen (secondary N) is 1. The Balaban J connectivity index is 1.94. The number of carbonyl (C=O) groups is 1. The molecule has 2 N–H and O–H groups in total. The van der Waals surface area contributed by atoms with Gasteiger partial charge in [0.2, 0.25) is 0 Å². The van der Waals surface area contributed by atoms with Gasteiger partial charge in [-0.05, 0) is 12.5 Å². The van der Waals surface area contributed by atoms with Crippen molar-refractivity contribution in [1.29, 1.82) is 0 Å². The van der Waals surface area contributed by atoms with Gasteiger partial charge in [0.15, 0.2) is 0 Å². The van der Waals surface area contributed by atoms with Gasteiger partial charge in [-0.25, -0.2) is 9.78 Å². The molecule has 1 unspecified atom stereocenters. The van der Waals surface area contributed by atoms with Crippen LogP contribution >= 0.6 is 0 Å². The van der Waals surface area contributed by atoms with E-state index in [4.69, 9.17) is 5.11 Å². The molecule has 1 aromatic carbocycles. The maximum atomic E-state index is 12.0. The van der Waals surface area contributed by atoms with E-state index in [0.29, 0.717) is 6.54 Å². The number of urea groups is 1. The van der Waals surface area contributed by atoms with Crippen molar-refractivity contribution < 1.29 is 9.90 Å². The van der Waals surface area contributed by atoms with E-state index < -0.39 is 0 Å². The number of aromatic nitrogens is 2. The maximum absolute atomic E-state index is 12.0. The van der Waals surface area contributed by atoms with Gasteiger partial charge >= 0.3 is 6.03 Å². The molecule has 1 atom stereocenters. The minimum Gasteiger partial charge on any atom is -0.394 e. The second-order valence-electron chi connectivity index (χ2n) is 5.26. The van der Waals surface area contributed by atoms with Gasteiger partial charge in [0, 0.05) is 26.0 Å². The summed E-state index contributed by atoms with van der Waals surface area (Å²) in [7, 11) is 1.66. The average Bonchev–Trinajstić information content (AvgIpc) is 2.99. The molecule has 2 amide bonds. The summed E-state index contributed by atoms with van der Waals surface area (Å²) >= 11 is 0. The van der Waals surface area contributed by atoms with E-state index in [9.17, 15) is 4.79 Å². The summed E-state index contributed by atoms with van der Waals surface area (Å²) in [6, 6.07) is 9.65. The number of aliphatic hydroxyl groups excluding tert-OH is 1. The molecule has 118 valence electrons. The lowest BCUT2D eigenvalue weighted by atomic mass is 10.2. The molecular formula is C16H22N4O2. The molecule has 0 aliphatic rings. The van der Waals surface area contributed by atoms with E-state index in [-0.39, 0.29) is 18.7 Å². The maximum Gasteiger partial charge on any atom is 0.317 e. The van der Waals surface area contributed by atoms with E-state index >= 15 is 0 Å². The highest BCUT2D eigenvalue weighted by Gasteiger charge is 2.15. The molecule has 6 heteroatoms. The molecule has 0 bridgehead atoms. The third-order valence-electron chi connectivity index (χ3n) is 3.64. The van der Waals surface area contributed by atoms with Crippen LogP contribution in [0.15, 0.2) is 42.7 Å². The topological polar surface area (TPSA) is 70.4 Å². The highest BCUT2D eigenvalue weighted by atomic mass is 16.3. The smallest absolute Gasteiger partial charge is 0.317 e. The van der Waals surface area contributed by atoms with Crippen LogP contribution < -0.4 is 5.32 Å². The third kappa shape index (κ3) is 4.08. The van der Waals surface area contributed by atoms with Crippen molar-refractivity contribution in [2.24, 2.45) is 0 Å². The normalized spacial score (nSPS) is 12.0. The zero-order valence-electron chi connectivity index (χ0n) is 12.9. The standard InChI is InChI=1S/C16H22N4O2/c1-13(12-21)19(2)16(22)18-10-15-17-8-9-20(15)11-14-6-4-3-5-7-14/h3-9,13,21H,10-12H2,1-2H3,(H,18,22). The Morgan fingerprint density at radius 2 is 2.14 bits per heavy atom. The van der Waals surface area contributed by atoms with Crippen LogP contribution in [0.3, 0.4) is 0 Å². The van der Waals surface area contributed by atoms with Crippen LogP contribution in [0.1, 0.15) is 18.3 Å². The summed E-state index contributed by atoms with van der Waals surface area (Å²) in [5.74, 6) is 0.794. The van der Waals surface area contributed by atoms with Gasteiger partial charge in [0.05, 0.1) is 19.2 Å². The van der Waals surface area contributed by atoms with Crippen LogP contribution in [0.5, 0.6) is 0 Å². The molecule has 2 aromatic rings. The number of likely N-dealkylation sites (N-methyl/N-ethyl adjacent to an activating group) is 1. The fourth-order valence-corrected chi connectivity index (χ4v) is 2.03. The minimum atomic E-state index is -0.226. The summed E-state index contributed by atoms with van der Waals surface area (Å²) in [6.45, 7) is 2.79. The highest BCUT2D eigenvalue weighted by Crippen LogP contribution is 2.05. The van der Waals surface area contributed by atoms with Gasteiger partial charge in [0.25, 0.3) is 0 Å². The Hall–Kier alpha value is -2.34. The minimum absolute atomic E-state index is 0.0629. The summed E-state index contributed by atoms with van der Waals surface area (Å²) in [4.78, 5) is 17.7. The van der Waals surface area contributed by atoms with E-state index in [1.54, 1.807) is 20.2 Å². The predicted octanol–water partition coefficient (Wildman–Crippen LogP) is 1.45. The Morgan fingerprint density at radius 3 is 2.82 bits per heavy atom. The van der Waals surface area contributed by atoms with Crippen molar-refractivity contribution in [3.05, 3.63) is 54.1 Å². The number of amides is 2. The molecule has 6 nitrogen and oxygen atoms in total. The number of hydrogen-bond acceptors (Lipinski definition) is 3. The van der Waals surface area contributed by atoms with E-state index in [1.165, 1.54) is 10.5 Å². The van der Waals surface area contributed by atoms with Crippen LogP contribution in [-0.2, 0) is 13.1 Å². The van der Waals surface area contributed by atoms with Crippen LogP contribution in [0.4, 0.5) is 4.79 Å². The third-order valence-corrected chi connectivity index (χ3v) is 3.64. The first-order valence-electron chi connectivity index (χ1n) is 7.27. The summed E-state index contributed by atoms with van der Waals surface area (Å²) in [5, 5.41) is 11.9. The van der Waals surface area contributed by atoms with E-state index in [2.05, 4.69) is 22.4 Å². The van der Waals surface area contributed by atoms with Crippen LogP contribution in [-0.4, -0.2) is 45.3 Å². The molecule has 1 aromatic heterocycles. The molecule has 0 spiro atoms. The lowest BCUT2D eigenvalue weighted by Gasteiger charge is -2.23. The van der Waals surface area contributed by atoms with Crippen molar-refractivity contribution in [2.45, 2.75) is 26.1 Å². The van der Waals surface area contributed by atoms with Crippen molar-refractivity contribution in [3.63, 3.8) is 0 Å². The summed E-state index contributed by atoms with van der Waals surface area (Å²) in [6.07, 6.45) is 3.62. The molecular weight excluding hydrogens is 280 g/mol. The molecule has 0 radical (unpaired) electrons. The van der Waals surface area contributed by atoms with Gasteiger partial charge in [0.1, 0.15) is 5.82 Å². The molecule has 1 heterocycles. The highest BCUT2D eigenvalue weighted by molar-refractivity contribution is 5.74. The molecule has 0 saturated heterocycles. The van der Waals surface area contributed by atoms with Crippen LogP contribution in [0.2, 0.25) is 0 Å². The van der Waals surface area contributed by atoms with Gasteiger partial charge in [-0.2, -0.15) is 0 Å². The lowest BCUT2D eigenvalue weighted by molar-refractivity contribution is 0.157. The summed E-state index contributed by atoms with van der Waals surface area (Å²) < 4.78 is 2.01. The zero-order valence-corrected chi connectivity index (χ0v) is 12.9. The SMILES string of the molecule is CC(CO)N(C)C(=O)NCc1nccn1Cc1ccccc1. The fourth-order valence-electron chi connectivity index (χ4n) is 2.03. The first-order chi connectivity index (χ1) is 10.6. The number of hydrogen-bond donors (Lipinski definition) is 2. The summed E-state index contributed by atoms with van der Waals surface area (Å²) in [5.41, 5.74) is 1.18. The van der Waals surface area contributed by atoms with E-state index in [1.807, 2.05) is 29.0 Å². The second kappa shape index (κ2) is 7.61. The number of aliphatic hydroxyl groups is 1. The molecule has 22 heavy (non-hydrogen) atoms. The molecule has 0 fully saturated rings. The molecule has 0 aliphatic heterocycles. The zero-order chi connectivity index (χ0) is 15.9. The Morgan fingerprint density at radius 1 is 1.41 bits per heavy atom. The molecule has 0 saturated carbocycles. The van der Waals surface area contributed by atoms with Crippen LogP contribution in [0, 0.1) is 0 Å². The monoisotopic (exact) mass is 302 g/mol. The van der Waals surface area contributed by atoms with Crippen molar-refractivity contribution in [1.82, 2.24) is 19.8 Å². The first-order valence-corrected chi connectivity index (χ1v) is 7.27.